The smallest absolute Gasteiger partial charge is 0.279 e. The maximum absolute atomic E-state index is 13.7. The maximum Gasteiger partial charge on any atom is 0.279 e. The predicted molar refractivity (Wildman–Crippen MR) is 104 cm³/mol. The Morgan fingerprint density at radius 3 is 2.53 bits per heavy atom. The normalized spacial score (nSPS) is 19.9. The largest absolute Gasteiger partial charge is 0.454 e. The van der Waals surface area contributed by atoms with Gasteiger partial charge in [0.25, 0.3) is 5.91 Å². The van der Waals surface area contributed by atoms with Crippen molar-refractivity contribution in [2.24, 2.45) is 5.92 Å². The molecule has 0 spiro atoms. The van der Waals surface area contributed by atoms with Crippen LogP contribution in [-0.2, 0) is 9.59 Å². The van der Waals surface area contributed by atoms with Crippen LogP contribution >= 0.6 is 0 Å². The van der Waals surface area contributed by atoms with Gasteiger partial charge >= 0.3 is 0 Å². The molecule has 1 fully saturated rings. The van der Waals surface area contributed by atoms with E-state index in [9.17, 15) is 18.4 Å². The molecular formula is C21H22F2N3O4+. The Kier molecular flexibility index (Phi) is 5.80. The highest BCUT2D eigenvalue weighted by molar-refractivity contribution is 5.93. The zero-order chi connectivity index (χ0) is 21.1. The number of amides is 2. The molecule has 0 aliphatic carbocycles. The first-order chi connectivity index (χ1) is 14.5. The molecule has 2 aliphatic heterocycles. The number of hydrogen-bond acceptors (Lipinski definition) is 4. The summed E-state index contributed by atoms with van der Waals surface area (Å²) in [6.45, 7) is 1.64. The highest BCUT2D eigenvalue weighted by Gasteiger charge is 2.29. The lowest BCUT2D eigenvalue weighted by Crippen LogP contribution is -3.14. The summed E-state index contributed by atoms with van der Waals surface area (Å²) in [6.07, 6.45) is 1.29. The monoisotopic (exact) mass is 418 g/mol. The molecule has 3 N–H and O–H groups in total. The first-order valence-electron chi connectivity index (χ1n) is 9.77. The molecule has 2 amide bonds. The van der Waals surface area contributed by atoms with Crippen LogP contribution < -0.4 is 25.0 Å². The number of anilines is 2. The number of fused-ring (bicyclic) bond motifs is 1. The van der Waals surface area contributed by atoms with Crippen molar-refractivity contribution in [2.75, 3.05) is 37.1 Å². The van der Waals surface area contributed by atoms with Gasteiger partial charge < -0.3 is 25.0 Å². The second-order valence-electron chi connectivity index (χ2n) is 7.43. The number of quaternary nitrogens is 1. The summed E-state index contributed by atoms with van der Waals surface area (Å²) in [7, 11) is 0. The van der Waals surface area contributed by atoms with Crippen LogP contribution in [0.25, 0.3) is 0 Å². The van der Waals surface area contributed by atoms with E-state index < -0.39 is 11.6 Å². The second kappa shape index (κ2) is 8.66. The lowest BCUT2D eigenvalue weighted by Gasteiger charge is -2.28. The zero-order valence-electron chi connectivity index (χ0n) is 16.2. The molecular weight excluding hydrogens is 396 g/mol. The lowest BCUT2D eigenvalue weighted by atomic mass is 9.95. The van der Waals surface area contributed by atoms with Crippen LogP contribution in [0.3, 0.4) is 0 Å². The third-order valence-electron chi connectivity index (χ3n) is 5.32. The molecule has 9 heteroatoms. The van der Waals surface area contributed by atoms with Crippen molar-refractivity contribution >= 4 is 23.2 Å². The van der Waals surface area contributed by atoms with Crippen molar-refractivity contribution in [1.82, 2.24) is 0 Å². The van der Waals surface area contributed by atoms with E-state index in [0.717, 1.165) is 17.0 Å². The van der Waals surface area contributed by atoms with E-state index in [1.807, 2.05) is 0 Å². The first kappa shape index (κ1) is 20.1. The summed E-state index contributed by atoms with van der Waals surface area (Å²) in [5.74, 6) is -0.796. The number of carbonyl (C=O) groups is 2. The summed E-state index contributed by atoms with van der Waals surface area (Å²) < 4.78 is 37.2. The average molecular weight is 418 g/mol. The van der Waals surface area contributed by atoms with Gasteiger partial charge in [0.2, 0.25) is 12.7 Å². The molecule has 4 rings (SSSR count). The van der Waals surface area contributed by atoms with Gasteiger partial charge in [-0.05, 0) is 24.3 Å². The number of rotatable bonds is 5. The first-order valence-corrected chi connectivity index (χ1v) is 9.77. The Bertz CT molecular complexity index is 961. The molecule has 0 saturated carbocycles. The lowest BCUT2D eigenvalue weighted by molar-refractivity contribution is -0.897. The van der Waals surface area contributed by atoms with Gasteiger partial charge in [0, 0.05) is 36.6 Å². The molecule has 0 radical (unpaired) electrons. The predicted octanol–water partition coefficient (Wildman–Crippen LogP) is 1.57. The van der Waals surface area contributed by atoms with Crippen LogP contribution in [-0.4, -0.2) is 38.2 Å². The fraction of sp³-hybridized carbons (Fsp3) is 0.333. The fourth-order valence-corrected chi connectivity index (χ4v) is 3.70. The fourth-order valence-electron chi connectivity index (χ4n) is 3.70. The highest BCUT2D eigenvalue weighted by Crippen LogP contribution is 2.34. The molecule has 0 atom stereocenters. The van der Waals surface area contributed by atoms with E-state index in [4.69, 9.17) is 9.47 Å². The zero-order valence-corrected chi connectivity index (χ0v) is 16.2. The molecule has 158 valence electrons. The second-order valence-corrected chi connectivity index (χ2v) is 7.43. The van der Waals surface area contributed by atoms with Gasteiger partial charge in [-0.3, -0.25) is 9.59 Å². The average Bonchev–Trinajstić information content (AvgIpc) is 3.18. The minimum absolute atomic E-state index is 0.0428. The van der Waals surface area contributed by atoms with Crippen molar-refractivity contribution in [3.63, 3.8) is 0 Å². The quantitative estimate of drug-likeness (QED) is 0.689. The minimum Gasteiger partial charge on any atom is -0.454 e. The summed E-state index contributed by atoms with van der Waals surface area (Å²) >= 11 is 0. The Labute approximate surface area is 172 Å². The molecule has 2 aliphatic rings. The van der Waals surface area contributed by atoms with Gasteiger partial charge in [-0.1, -0.05) is 0 Å². The van der Waals surface area contributed by atoms with Gasteiger partial charge in [0.05, 0.1) is 18.8 Å². The van der Waals surface area contributed by atoms with Crippen LogP contribution in [0, 0.1) is 17.6 Å². The topological polar surface area (TPSA) is 81.1 Å². The van der Waals surface area contributed by atoms with Crippen LogP contribution in [0.5, 0.6) is 11.5 Å². The maximum atomic E-state index is 13.7. The van der Waals surface area contributed by atoms with E-state index in [1.165, 1.54) is 6.07 Å². The van der Waals surface area contributed by atoms with E-state index in [0.29, 0.717) is 43.1 Å². The number of likely N-dealkylation sites (tertiary alicyclic amines) is 1. The summed E-state index contributed by atoms with van der Waals surface area (Å²) in [5.41, 5.74) is 0.610. The van der Waals surface area contributed by atoms with Gasteiger partial charge in [0.15, 0.2) is 18.0 Å². The van der Waals surface area contributed by atoms with Crippen LogP contribution in [0.4, 0.5) is 20.2 Å². The Morgan fingerprint density at radius 2 is 1.77 bits per heavy atom. The molecule has 0 bridgehead atoms. The van der Waals surface area contributed by atoms with Crippen LogP contribution in [0.1, 0.15) is 12.8 Å². The minimum atomic E-state index is -0.808. The number of ether oxygens (including phenoxy) is 2. The van der Waals surface area contributed by atoms with Crippen molar-refractivity contribution in [1.29, 1.82) is 0 Å². The number of piperidine rings is 1. The molecule has 0 aromatic heterocycles. The van der Waals surface area contributed by atoms with Crippen LogP contribution in [0.2, 0.25) is 0 Å². The number of carbonyl (C=O) groups excluding carboxylic acids is 2. The number of benzene rings is 2. The van der Waals surface area contributed by atoms with E-state index >= 15 is 0 Å². The summed E-state index contributed by atoms with van der Waals surface area (Å²) in [5, 5.41) is 5.37. The Balaban J connectivity index is 1.24. The van der Waals surface area contributed by atoms with E-state index in [-0.39, 0.29) is 36.8 Å². The van der Waals surface area contributed by atoms with Gasteiger partial charge in [-0.15, -0.1) is 0 Å². The molecule has 1 saturated heterocycles. The third kappa shape index (κ3) is 4.68. The van der Waals surface area contributed by atoms with Crippen molar-refractivity contribution in [3.8, 4) is 11.5 Å². The SMILES string of the molecule is O=C(C[NH+]1CCC(C(=O)Nc2ccc3c(c2)OCO3)CC1)Nc1ccc(F)cc1F. The Hall–Kier alpha value is -3.20. The summed E-state index contributed by atoms with van der Waals surface area (Å²) in [4.78, 5) is 25.7. The van der Waals surface area contributed by atoms with E-state index in [1.54, 1.807) is 18.2 Å². The van der Waals surface area contributed by atoms with Gasteiger partial charge in [0.1, 0.15) is 11.6 Å². The van der Waals surface area contributed by atoms with Crippen molar-refractivity contribution in [3.05, 3.63) is 48.0 Å². The van der Waals surface area contributed by atoms with Crippen LogP contribution in [0.15, 0.2) is 36.4 Å². The van der Waals surface area contributed by atoms with E-state index in [2.05, 4.69) is 10.6 Å². The third-order valence-corrected chi connectivity index (χ3v) is 5.32. The molecule has 30 heavy (non-hydrogen) atoms. The number of halogens is 2. The Morgan fingerprint density at radius 1 is 1.00 bits per heavy atom. The molecule has 0 unspecified atom stereocenters. The molecule has 7 nitrogen and oxygen atoms in total. The number of hydrogen-bond donors (Lipinski definition) is 3. The highest BCUT2D eigenvalue weighted by atomic mass is 19.1. The van der Waals surface area contributed by atoms with Crippen molar-refractivity contribution in [2.45, 2.75) is 12.8 Å². The molecule has 2 aromatic carbocycles. The summed E-state index contributed by atoms with van der Waals surface area (Å²) in [6, 6.07) is 8.28. The van der Waals surface area contributed by atoms with Gasteiger partial charge in [-0.25, -0.2) is 8.78 Å². The molecule has 2 heterocycles. The number of nitrogens with one attached hydrogen (secondary N) is 3. The van der Waals surface area contributed by atoms with Gasteiger partial charge in [-0.2, -0.15) is 0 Å². The standard InChI is InChI=1S/C21H21F2N3O4/c22-14-1-3-17(16(23)9-14)25-20(27)11-26-7-5-13(6-8-26)21(28)24-15-2-4-18-19(10-15)30-12-29-18/h1-4,9-10,13H,5-8,11-12H2,(H,24,28)(H,25,27)/p+1. The van der Waals surface area contributed by atoms with Crippen molar-refractivity contribution < 1.29 is 32.7 Å². The molecule has 2 aromatic rings.